The lowest BCUT2D eigenvalue weighted by Gasteiger charge is -2.33. The predicted octanol–water partition coefficient (Wildman–Crippen LogP) is 3.56. The average molecular weight is 374 g/mol. The summed E-state index contributed by atoms with van der Waals surface area (Å²) in [5.74, 6) is 2.09. The number of rotatable bonds is 8. The fraction of sp³-hybridized carbons (Fsp3) is 0.650. The highest BCUT2D eigenvalue weighted by molar-refractivity contribution is 7.09. The number of nitrogens with one attached hydrogen (secondary N) is 1. The van der Waals surface area contributed by atoms with Gasteiger partial charge in [-0.1, -0.05) is 13.8 Å². The second kappa shape index (κ2) is 9.42. The van der Waals surface area contributed by atoms with Gasteiger partial charge >= 0.3 is 0 Å². The summed E-state index contributed by atoms with van der Waals surface area (Å²) in [5, 5.41) is 7.16. The van der Waals surface area contributed by atoms with Crippen LogP contribution in [0.2, 0.25) is 0 Å². The standard InChI is InChI=1S/C20H31N5S/c1-4-6-18-22-15(3)13-19(24-18)25-11-8-17(9-12-25)21-10-7-20-23-16(5-2)14-26-20/h13-14,17,21H,4-12H2,1-3H3. The molecule has 0 aliphatic carbocycles. The molecule has 0 radical (unpaired) electrons. The molecule has 3 rings (SSSR count). The van der Waals surface area contributed by atoms with Crippen LogP contribution < -0.4 is 10.2 Å². The quantitative estimate of drug-likeness (QED) is 0.767. The van der Waals surface area contributed by atoms with Gasteiger partial charge < -0.3 is 10.2 Å². The monoisotopic (exact) mass is 373 g/mol. The molecule has 0 saturated carbocycles. The van der Waals surface area contributed by atoms with Crippen LogP contribution in [0.25, 0.3) is 0 Å². The number of piperidine rings is 1. The maximum Gasteiger partial charge on any atom is 0.132 e. The number of aryl methyl sites for hydroxylation is 3. The number of aromatic nitrogens is 3. The van der Waals surface area contributed by atoms with Crippen molar-refractivity contribution in [1.82, 2.24) is 20.3 Å². The molecule has 1 saturated heterocycles. The zero-order valence-corrected chi connectivity index (χ0v) is 17.1. The largest absolute Gasteiger partial charge is 0.356 e. The molecular weight excluding hydrogens is 342 g/mol. The summed E-state index contributed by atoms with van der Waals surface area (Å²) in [6.45, 7) is 9.57. The lowest BCUT2D eigenvalue weighted by molar-refractivity contribution is 0.416. The van der Waals surface area contributed by atoms with E-state index in [1.165, 1.54) is 23.5 Å². The third-order valence-corrected chi connectivity index (χ3v) is 5.87. The minimum atomic E-state index is 0.606. The average Bonchev–Trinajstić information content (AvgIpc) is 3.10. The van der Waals surface area contributed by atoms with Gasteiger partial charge in [0.15, 0.2) is 0 Å². The Morgan fingerprint density at radius 3 is 2.65 bits per heavy atom. The highest BCUT2D eigenvalue weighted by Gasteiger charge is 2.20. The van der Waals surface area contributed by atoms with Gasteiger partial charge in [0.1, 0.15) is 11.6 Å². The lowest BCUT2D eigenvalue weighted by Crippen LogP contribution is -2.43. The van der Waals surface area contributed by atoms with Gasteiger partial charge in [0.05, 0.1) is 10.7 Å². The van der Waals surface area contributed by atoms with Gasteiger partial charge in [0, 0.05) is 55.7 Å². The fourth-order valence-corrected chi connectivity index (χ4v) is 4.31. The maximum absolute atomic E-state index is 4.77. The Balaban J connectivity index is 1.45. The van der Waals surface area contributed by atoms with E-state index in [2.05, 4.69) is 52.4 Å². The van der Waals surface area contributed by atoms with Gasteiger partial charge in [-0.25, -0.2) is 15.0 Å². The summed E-state index contributed by atoms with van der Waals surface area (Å²) in [5.41, 5.74) is 2.30. The number of thiazole rings is 1. The van der Waals surface area contributed by atoms with Crippen molar-refractivity contribution in [2.24, 2.45) is 0 Å². The Morgan fingerprint density at radius 2 is 1.96 bits per heavy atom. The van der Waals surface area contributed by atoms with Crippen molar-refractivity contribution in [3.05, 3.63) is 33.7 Å². The zero-order chi connectivity index (χ0) is 18.4. The number of nitrogens with zero attached hydrogens (tertiary/aromatic N) is 4. The van der Waals surface area contributed by atoms with E-state index in [0.717, 1.165) is 62.7 Å². The van der Waals surface area contributed by atoms with Crippen LogP contribution in [0.15, 0.2) is 11.4 Å². The molecule has 2 aromatic heterocycles. The molecule has 0 spiro atoms. The van der Waals surface area contributed by atoms with Crippen LogP contribution in [0.4, 0.5) is 5.82 Å². The van der Waals surface area contributed by atoms with Crippen molar-refractivity contribution < 1.29 is 0 Å². The van der Waals surface area contributed by atoms with E-state index in [-0.39, 0.29) is 0 Å². The molecule has 0 unspecified atom stereocenters. The van der Waals surface area contributed by atoms with Crippen molar-refractivity contribution in [3.8, 4) is 0 Å². The number of hydrogen-bond acceptors (Lipinski definition) is 6. The summed E-state index contributed by atoms with van der Waals surface area (Å²) < 4.78 is 0. The smallest absolute Gasteiger partial charge is 0.132 e. The van der Waals surface area contributed by atoms with Gasteiger partial charge in [0.2, 0.25) is 0 Å². The molecule has 2 aromatic rings. The van der Waals surface area contributed by atoms with Crippen LogP contribution in [0.3, 0.4) is 0 Å². The lowest BCUT2D eigenvalue weighted by atomic mass is 10.0. The molecule has 0 aromatic carbocycles. The van der Waals surface area contributed by atoms with E-state index in [1.54, 1.807) is 11.3 Å². The Labute approximate surface area is 161 Å². The van der Waals surface area contributed by atoms with E-state index >= 15 is 0 Å². The van der Waals surface area contributed by atoms with Crippen molar-refractivity contribution in [1.29, 1.82) is 0 Å². The summed E-state index contributed by atoms with van der Waals surface area (Å²) in [6, 6.07) is 2.73. The van der Waals surface area contributed by atoms with E-state index in [0.29, 0.717) is 6.04 Å². The van der Waals surface area contributed by atoms with Crippen molar-refractivity contribution >= 4 is 17.2 Å². The Kier molecular flexibility index (Phi) is 6.97. The predicted molar refractivity (Wildman–Crippen MR) is 109 cm³/mol. The van der Waals surface area contributed by atoms with Gasteiger partial charge in [-0.2, -0.15) is 0 Å². The van der Waals surface area contributed by atoms with E-state index in [1.807, 2.05) is 0 Å². The van der Waals surface area contributed by atoms with E-state index < -0.39 is 0 Å². The molecule has 26 heavy (non-hydrogen) atoms. The first-order valence-electron chi connectivity index (χ1n) is 9.94. The first kappa shape index (κ1) is 19.2. The minimum Gasteiger partial charge on any atom is -0.356 e. The maximum atomic E-state index is 4.77. The number of anilines is 1. The Hall–Kier alpha value is -1.53. The second-order valence-electron chi connectivity index (χ2n) is 7.09. The van der Waals surface area contributed by atoms with Gasteiger partial charge in [-0.05, 0) is 32.6 Å². The summed E-state index contributed by atoms with van der Waals surface area (Å²) in [7, 11) is 0. The number of hydrogen-bond donors (Lipinski definition) is 1. The van der Waals surface area contributed by atoms with Gasteiger partial charge in [0.25, 0.3) is 0 Å². The SMILES string of the molecule is CCCc1nc(C)cc(N2CCC(NCCc3nc(CC)cs3)CC2)n1. The topological polar surface area (TPSA) is 53.9 Å². The Bertz CT molecular complexity index is 691. The molecule has 5 nitrogen and oxygen atoms in total. The molecule has 0 amide bonds. The molecule has 1 aliphatic heterocycles. The van der Waals surface area contributed by atoms with Crippen LogP contribution in [0, 0.1) is 6.92 Å². The Morgan fingerprint density at radius 1 is 1.15 bits per heavy atom. The third-order valence-electron chi connectivity index (χ3n) is 4.91. The summed E-state index contributed by atoms with van der Waals surface area (Å²) in [6.07, 6.45) is 6.46. The van der Waals surface area contributed by atoms with Crippen molar-refractivity contribution in [2.75, 3.05) is 24.5 Å². The fourth-order valence-electron chi connectivity index (χ4n) is 3.43. The van der Waals surface area contributed by atoms with Crippen LogP contribution in [-0.4, -0.2) is 40.6 Å². The molecule has 1 N–H and O–H groups in total. The zero-order valence-electron chi connectivity index (χ0n) is 16.3. The summed E-state index contributed by atoms with van der Waals surface area (Å²) >= 11 is 1.79. The molecule has 1 fully saturated rings. The van der Waals surface area contributed by atoms with Crippen LogP contribution >= 0.6 is 11.3 Å². The highest BCUT2D eigenvalue weighted by Crippen LogP contribution is 2.19. The van der Waals surface area contributed by atoms with E-state index in [4.69, 9.17) is 4.98 Å². The molecule has 1 aliphatic rings. The third kappa shape index (κ3) is 5.24. The normalized spacial score (nSPS) is 15.6. The van der Waals surface area contributed by atoms with Gasteiger partial charge in [-0.3, -0.25) is 0 Å². The van der Waals surface area contributed by atoms with Crippen LogP contribution in [-0.2, 0) is 19.3 Å². The molecule has 6 heteroatoms. The van der Waals surface area contributed by atoms with Crippen molar-refractivity contribution in [2.45, 2.75) is 65.3 Å². The highest BCUT2D eigenvalue weighted by atomic mass is 32.1. The molecular formula is C20H31N5S. The van der Waals surface area contributed by atoms with Gasteiger partial charge in [-0.15, -0.1) is 11.3 Å². The minimum absolute atomic E-state index is 0.606. The first-order chi connectivity index (χ1) is 12.7. The second-order valence-corrected chi connectivity index (χ2v) is 8.03. The summed E-state index contributed by atoms with van der Waals surface area (Å²) in [4.78, 5) is 16.4. The van der Waals surface area contributed by atoms with Crippen molar-refractivity contribution in [3.63, 3.8) is 0 Å². The molecule has 142 valence electrons. The molecule has 0 atom stereocenters. The van der Waals surface area contributed by atoms with E-state index in [9.17, 15) is 0 Å². The molecule has 3 heterocycles. The van der Waals surface area contributed by atoms with Crippen LogP contribution in [0.5, 0.6) is 0 Å². The first-order valence-corrected chi connectivity index (χ1v) is 10.8. The van der Waals surface area contributed by atoms with Crippen LogP contribution in [0.1, 0.15) is 55.3 Å². The molecule has 0 bridgehead atoms.